The Labute approximate surface area is 121 Å². The molecule has 1 rings (SSSR count). The first-order chi connectivity index (χ1) is 8.97. The van der Waals surface area contributed by atoms with Crippen LogP contribution >= 0.6 is 15.9 Å². The molecule has 3 N–H and O–H groups in total. The van der Waals surface area contributed by atoms with Crippen LogP contribution in [0.4, 0.5) is 0 Å². The molecule has 0 saturated carbocycles. The number of nitrogens with two attached hydrogens (primary N) is 1. The van der Waals surface area contributed by atoms with Crippen LogP contribution in [-0.4, -0.2) is 34.9 Å². The van der Waals surface area contributed by atoms with Gasteiger partial charge < -0.3 is 15.8 Å². The summed E-state index contributed by atoms with van der Waals surface area (Å²) in [6.07, 6.45) is 0.803. The molecule has 5 nitrogen and oxygen atoms in total. The molecule has 0 radical (unpaired) electrons. The summed E-state index contributed by atoms with van der Waals surface area (Å²) in [6.45, 7) is 4.57. The van der Waals surface area contributed by atoms with Crippen LogP contribution in [0.3, 0.4) is 0 Å². The minimum atomic E-state index is -0.127. The average Bonchev–Trinajstić information content (AvgIpc) is 2.36. The number of oxime groups is 1. The summed E-state index contributed by atoms with van der Waals surface area (Å²) in [7, 11) is 0. The lowest BCUT2D eigenvalue weighted by atomic mass is 10.1. The summed E-state index contributed by atoms with van der Waals surface area (Å²) in [6, 6.07) is 5.52. The molecule has 0 aromatic heterocycles. The number of aryl methyl sites for hydroxylation is 1. The second-order valence-electron chi connectivity index (χ2n) is 4.34. The fraction of sp³-hybridized carbons (Fsp3) is 0.385. The van der Waals surface area contributed by atoms with E-state index in [2.05, 4.69) is 21.1 Å². The SMILES string of the molecule is CCCN(C/C(N)=N/O)C(=O)c1cc(C)cc(Br)c1. The Morgan fingerprint density at radius 1 is 1.47 bits per heavy atom. The van der Waals surface area contributed by atoms with Crippen molar-refractivity contribution in [2.24, 2.45) is 10.9 Å². The van der Waals surface area contributed by atoms with Crippen LogP contribution in [-0.2, 0) is 0 Å². The lowest BCUT2D eigenvalue weighted by molar-refractivity contribution is 0.0778. The number of nitrogens with zero attached hydrogens (tertiary/aromatic N) is 2. The molecule has 0 aliphatic carbocycles. The molecule has 0 atom stereocenters. The Hall–Kier alpha value is -1.56. The average molecular weight is 328 g/mol. The molecule has 1 amide bonds. The van der Waals surface area contributed by atoms with E-state index >= 15 is 0 Å². The Balaban J connectivity index is 2.98. The molecule has 104 valence electrons. The van der Waals surface area contributed by atoms with Gasteiger partial charge in [-0.15, -0.1) is 0 Å². The normalized spacial score (nSPS) is 11.4. The Morgan fingerprint density at radius 2 is 2.16 bits per heavy atom. The largest absolute Gasteiger partial charge is 0.409 e. The minimum Gasteiger partial charge on any atom is -0.409 e. The van der Waals surface area contributed by atoms with Crippen molar-refractivity contribution in [2.75, 3.05) is 13.1 Å². The second-order valence-corrected chi connectivity index (χ2v) is 5.25. The fourth-order valence-electron chi connectivity index (χ4n) is 1.79. The van der Waals surface area contributed by atoms with Crippen LogP contribution in [0.2, 0.25) is 0 Å². The molecule has 19 heavy (non-hydrogen) atoms. The Bertz CT molecular complexity index is 469. The number of hydrogen-bond acceptors (Lipinski definition) is 3. The number of halogens is 1. The minimum absolute atomic E-state index is 0.0218. The van der Waals surface area contributed by atoms with E-state index in [0.717, 1.165) is 16.5 Å². The van der Waals surface area contributed by atoms with E-state index in [1.807, 2.05) is 26.0 Å². The van der Waals surface area contributed by atoms with Gasteiger partial charge in [0.15, 0.2) is 5.84 Å². The third-order valence-electron chi connectivity index (χ3n) is 2.55. The first kappa shape index (κ1) is 15.5. The Kier molecular flexibility index (Phi) is 5.82. The topological polar surface area (TPSA) is 78.9 Å². The van der Waals surface area contributed by atoms with Crippen molar-refractivity contribution in [2.45, 2.75) is 20.3 Å². The molecule has 1 aromatic carbocycles. The third kappa shape index (κ3) is 4.55. The number of hydrogen-bond donors (Lipinski definition) is 2. The van der Waals surface area contributed by atoms with Crippen LogP contribution in [0.5, 0.6) is 0 Å². The molecule has 0 aliphatic rings. The summed E-state index contributed by atoms with van der Waals surface area (Å²) >= 11 is 3.37. The highest BCUT2D eigenvalue weighted by Crippen LogP contribution is 2.17. The highest BCUT2D eigenvalue weighted by atomic mass is 79.9. The van der Waals surface area contributed by atoms with Crippen LogP contribution in [0.25, 0.3) is 0 Å². The quantitative estimate of drug-likeness (QED) is 0.377. The standard InChI is InChI=1S/C13H18BrN3O2/c1-3-4-17(8-12(15)16-19)13(18)10-5-9(2)6-11(14)7-10/h5-7,19H,3-4,8H2,1-2H3,(H2,15,16). The number of carbonyl (C=O) groups is 1. The summed E-state index contributed by atoms with van der Waals surface area (Å²) in [5, 5.41) is 11.5. The van der Waals surface area contributed by atoms with Gasteiger partial charge in [0.25, 0.3) is 5.91 Å². The molecule has 6 heteroatoms. The van der Waals surface area contributed by atoms with E-state index in [0.29, 0.717) is 12.1 Å². The lowest BCUT2D eigenvalue weighted by Gasteiger charge is -2.21. The summed E-state index contributed by atoms with van der Waals surface area (Å²) < 4.78 is 0.857. The van der Waals surface area contributed by atoms with E-state index in [1.165, 1.54) is 0 Å². The van der Waals surface area contributed by atoms with Crippen molar-refractivity contribution in [3.8, 4) is 0 Å². The van der Waals surface area contributed by atoms with E-state index in [-0.39, 0.29) is 18.3 Å². The van der Waals surface area contributed by atoms with Crippen molar-refractivity contribution in [3.05, 3.63) is 33.8 Å². The molecule has 0 unspecified atom stereocenters. The van der Waals surface area contributed by atoms with Gasteiger partial charge in [-0.05, 0) is 37.1 Å². The van der Waals surface area contributed by atoms with Crippen LogP contribution < -0.4 is 5.73 Å². The zero-order valence-corrected chi connectivity index (χ0v) is 12.6. The predicted molar refractivity (Wildman–Crippen MR) is 78.5 cm³/mol. The highest BCUT2D eigenvalue weighted by Gasteiger charge is 2.17. The molecule has 0 fully saturated rings. The maximum absolute atomic E-state index is 12.4. The van der Waals surface area contributed by atoms with E-state index < -0.39 is 0 Å². The molecule has 1 aromatic rings. The van der Waals surface area contributed by atoms with E-state index in [1.54, 1.807) is 11.0 Å². The highest BCUT2D eigenvalue weighted by molar-refractivity contribution is 9.10. The predicted octanol–water partition coefficient (Wildman–Crippen LogP) is 2.36. The number of rotatable bonds is 5. The molecular weight excluding hydrogens is 310 g/mol. The first-order valence-corrected chi connectivity index (χ1v) is 6.80. The molecular formula is C13H18BrN3O2. The van der Waals surface area contributed by atoms with Gasteiger partial charge in [-0.2, -0.15) is 0 Å². The monoisotopic (exact) mass is 327 g/mol. The van der Waals surface area contributed by atoms with Gasteiger partial charge in [0.2, 0.25) is 0 Å². The van der Waals surface area contributed by atoms with Gasteiger partial charge in [0.1, 0.15) is 0 Å². The summed E-state index contributed by atoms with van der Waals surface area (Å²) in [5.41, 5.74) is 7.06. The van der Waals surface area contributed by atoms with E-state index in [9.17, 15) is 4.79 Å². The van der Waals surface area contributed by atoms with Crippen molar-refractivity contribution >= 4 is 27.7 Å². The first-order valence-electron chi connectivity index (χ1n) is 6.00. The molecule has 0 heterocycles. The van der Waals surface area contributed by atoms with Crippen molar-refractivity contribution < 1.29 is 10.0 Å². The van der Waals surface area contributed by atoms with E-state index in [4.69, 9.17) is 10.9 Å². The van der Waals surface area contributed by atoms with Crippen LogP contribution in [0.15, 0.2) is 27.8 Å². The van der Waals surface area contributed by atoms with Crippen molar-refractivity contribution in [3.63, 3.8) is 0 Å². The lowest BCUT2D eigenvalue weighted by Crippen LogP contribution is -2.39. The number of benzene rings is 1. The number of amidine groups is 1. The second kappa shape index (κ2) is 7.13. The third-order valence-corrected chi connectivity index (χ3v) is 3.01. The molecule has 0 bridgehead atoms. The summed E-state index contributed by atoms with van der Waals surface area (Å²) in [5.74, 6) is -0.105. The molecule has 0 spiro atoms. The van der Waals surface area contributed by atoms with Gasteiger partial charge in [-0.1, -0.05) is 28.0 Å². The number of carbonyl (C=O) groups excluding carboxylic acids is 1. The zero-order chi connectivity index (χ0) is 14.4. The summed E-state index contributed by atoms with van der Waals surface area (Å²) in [4.78, 5) is 14.0. The number of amides is 1. The van der Waals surface area contributed by atoms with Gasteiger partial charge in [-0.25, -0.2) is 0 Å². The van der Waals surface area contributed by atoms with Crippen molar-refractivity contribution in [1.29, 1.82) is 0 Å². The Morgan fingerprint density at radius 3 is 2.68 bits per heavy atom. The zero-order valence-electron chi connectivity index (χ0n) is 11.1. The van der Waals surface area contributed by atoms with Crippen LogP contribution in [0, 0.1) is 6.92 Å². The maximum atomic E-state index is 12.4. The smallest absolute Gasteiger partial charge is 0.254 e. The fourth-order valence-corrected chi connectivity index (χ4v) is 2.40. The van der Waals surface area contributed by atoms with Crippen LogP contribution in [0.1, 0.15) is 29.3 Å². The van der Waals surface area contributed by atoms with Crippen molar-refractivity contribution in [1.82, 2.24) is 4.90 Å². The van der Waals surface area contributed by atoms with Gasteiger partial charge >= 0.3 is 0 Å². The maximum Gasteiger partial charge on any atom is 0.254 e. The molecule has 0 saturated heterocycles. The van der Waals surface area contributed by atoms with Gasteiger partial charge in [0, 0.05) is 16.6 Å². The van der Waals surface area contributed by atoms with Gasteiger partial charge in [0.05, 0.1) is 6.54 Å². The van der Waals surface area contributed by atoms with Gasteiger partial charge in [-0.3, -0.25) is 4.79 Å². The molecule has 0 aliphatic heterocycles.